The normalized spacial score (nSPS) is 13.8. The molecule has 0 radical (unpaired) electrons. The first-order chi connectivity index (χ1) is 39.2. The van der Waals surface area contributed by atoms with Gasteiger partial charge in [0.15, 0.2) is 6.10 Å². The number of aliphatic hydroxyl groups excluding tert-OH is 1. The highest BCUT2D eigenvalue weighted by molar-refractivity contribution is 7.47. The molecule has 2 N–H and O–H groups in total. The highest BCUT2D eigenvalue weighted by Gasteiger charge is 2.28. The third-order valence-corrected chi connectivity index (χ3v) is 14.8. The second kappa shape index (κ2) is 61.7. The zero-order chi connectivity index (χ0) is 58.3. The van der Waals surface area contributed by atoms with Crippen molar-refractivity contribution in [2.75, 3.05) is 26.4 Å². The molecular formula is C68H119O11P. The number of ether oxygens (including phenoxy) is 3. The molecule has 0 rings (SSSR count). The summed E-state index contributed by atoms with van der Waals surface area (Å²) in [4.78, 5) is 48.8. The Morgan fingerprint density at radius 3 is 1.00 bits per heavy atom. The van der Waals surface area contributed by atoms with Gasteiger partial charge in [-0.2, -0.15) is 0 Å². The van der Waals surface area contributed by atoms with Gasteiger partial charge < -0.3 is 24.2 Å². The number of carbonyl (C=O) groups is 3. The van der Waals surface area contributed by atoms with E-state index in [0.717, 1.165) is 122 Å². The van der Waals surface area contributed by atoms with Crippen molar-refractivity contribution >= 4 is 25.7 Å². The van der Waals surface area contributed by atoms with Gasteiger partial charge in [-0.05, 0) is 89.9 Å². The molecule has 11 nitrogen and oxygen atoms in total. The van der Waals surface area contributed by atoms with Crippen LogP contribution in [-0.4, -0.2) is 66.5 Å². The van der Waals surface area contributed by atoms with Crippen LogP contribution in [0.15, 0.2) is 85.1 Å². The maximum atomic E-state index is 13.0. The lowest BCUT2D eigenvalue weighted by atomic mass is 10.0. The molecule has 0 saturated heterocycles. The molecule has 0 spiro atoms. The predicted octanol–water partition coefficient (Wildman–Crippen LogP) is 19.8. The van der Waals surface area contributed by atoms with Crippen LogP contribution in [0.4, 0.5) is 0 Å². The van der Waals surface area contributed by atoms with Crippen LogP contribution in [0, 0.1) is 0 Å². The molecule has 0 aliphatic heterocycles. The van der Waals surface area contributed by atoms with E-state index in [1.54, 1.807) is 0 Å². The number of hydrogen-bond donors (Lipinski definition) is 2. The number of esters is 3. The van der Waals surface area contributed by atoms with Gasteiger partial charge in [0.1, 0.15) is 12.7 Å². The summed E-state index contributed by atoms with van der Waals surface area (Å²) in [5.74, 6) is -1.49. The summed E-state index contributed by atoms with van der Waals surface area (Å²) in [6, 6.07) is 0. The second-order valence-electron chi connectivity index (χ2n) is 21.5. The van der Waals surface area contributed by atoms with Crippen LogP contribution in [0.2, 0.25) is 0 Å². The van der Waals surface area contributed by atoms with E-state index in [0.29, 0.717) is 19.3 Å². The number of rotatable bonds is 60. The van der Waals surface area contributed by atoms with Gasteiger partial charge in [0.05, 0.1) is 19.8 Å². The number of allylic oxidation sites excluding steroid dienone is 14. The summed E-state index contributed by atoms with van der Waals surface area (Å²) in [6.07, 6.45) is 72.5. The first-order valence-electron chi connectivity index (χ1n) is 32.5. The van der Waals surface area contributed by atoms with Crippen LogP contribution in [0.25, 0.3) is 0 Å². The molecule has 3 atom stereocenters. The standard InChI is InChI=1S/C68H119O11P/c1-4-7-10-13-16-19-22-25-28-31-32-35-38-41-44-47-50-53-56-59-68(72)79-65(61-75-66(70)57-54-51-48-45-42-39-36-33-29-26-23-20-17-14-11-8-5-2)63-77-80(73,74)76-62-64(60-69)78-67(71)58-55-52-49-46-43-40-37-34-30-27-24-21-18-15-12-9-6-3/h8-9,11-12,17-18,20-21,26-27,29-30,37,40,64-65,69H,4-7,10,13-16,19,22-25,28,31-36,38-39,41-63H2,1-3H3,(H,73,74)/b11-8-,12-9-,20-17-,21-18-,29-26-,30-27-,40-37-. The molecule has 0 amide bonds. The molecular weight excluding hydrogens is 1020 g/mol. The third kappa shape index (κ3) is 59.3. The molecule has 0 bridgehead atoms. The Kier molecular flexibility index (Phi) is 59.1. The van der Waals surface area contributed by atoms with Gasteiger partial charge in [-0.15, -0.1) is 0 Å². The molecule has 80 heavy (non-hydrogen) atoms. The molecule has 0 heterocycles. The first kappa shape index (κ1) is 76.7. The van der Waals surface area contributed by atoms with E-state index in [2.05, 4.69) is 106 Å². The molecule has 0 aliphatic rings. The van der Waals surface area contributed by atoms with Crippen molar-refractivity contribution < 1.29 is 52.2 Å². The van der Waals surface area contributed by atoms with Gasteiger partial charge in [-0.1, -0.05) is 266 Å². The van der Waals surface area contributed by atoms with Gasteiger partial charge in [-0.3, -0.25) is 23.4 Å². The van der Waals surface area contributed by atoms with Crippen LogP contribution >= 0.6 is 7.82 Å². The Morgan fingerprint density at radius 1 is 0.362 bits per heavy atom. The fourth-order valence-corrected chi connectivity index (χ4v) is 9.74. The zero-order valence-electron chi connectivity index (χ0n) is 51.3. The van der Waals surface area contributed by atoms with E-state index in [-0.39, 0.29) is 25.9 Å². The Bertz CT molecular complexity index is 1670. The zero-order valence-corrected chi connectivity index (χ0v) is 52.2. The summed E-state index contributed by atoms with van der Waals surface area (Å²) in [5.41, 5.74) is 0. The highest BCUT2D eigenvalue weighted by atomic mass is 31.2. The fraction of sp³-hybridized carbons (Fsp3) is 0.750. The lowest BCUT2D eigenvalue weighted by Gasteiger charge is -2.21. The fourth-order valence-electron chi connectivity index (χ4n) is 8.95. The summed E-state index contributed by atoms with van der Waals surface area (Å²) in [7, 11) is -4.76. The smallest absolute Gasteiger partial charge is 0.462 e. The number of hydrogen-bond acceptors (Lipinski definition) is 10. The van der Waals surface area contributed by atoms with E-state index in [9.17, 15) is 28.9 Å². The van der Waals surface area contributed by atoms with Crippen LogP contribution in [-0.2, 0) is 42.2 Å². The van der Waals surface area contributed by atoms with E-state index in [1.807, 2.05) is 0 Å². The largest absolute Gasteiger partial charge is 0.472 e. The second-order valence-corrected chi connectivity index (χ2v) is 23.0. The minimum absolute atomic E-state index is 0.147. The highest BCUT2D eigenvalue weighted by Crippen LogP contribution is 2.43. The van der Waals surface area contributed by atoms with Crippen molar-refractivity contribution in [2.45, 2.75) is 303 Å². The number of carbonyl (C=O) groups excluding carboxylic acids is 3. The van der Waals surface area contributed by atoms with Crippen molar-refractivity contribution in [2.24, 2.45) is 0 Å². The average Bonchev–Trinajstić information content (AvgIpc) is 3.45. The quantitative estimate of drug-likeness (QED) is 0.0197. The van der Waals surface area contributed by atoms with Crippen LogP contribution in [0.3, 0.4) is 0 Å². The van der Waals surface area contributed by atoms with Gasteiger partial charge >= 0.3 is 25.7 Å². The van der Waals surface area contributed by atoms with Crippen molar-refractivity contribution in [3.63, 3.8) is 0 Å². The minimum Gasteiger partial charge on any atom is -0.462 e. The van der Waals surface area contributed by atoms with Crippen LogP contribution < -0.4 is 0 Å². The van der Waals surface area contributed by atoms with Crippen molar-refractivity contribution in [3.8, 4) is 0 Å². The predicted molar refractivity (Wildman–Crippen MR) is 334 cm³/mol. The maximum absolute atomic E-state index is 13.0. The molecule has 12 heteroatoms. The number of aliphatic hydroxyl groups is 1. The van der Waals surface area contributed by atoms with Gasteiger partial charge in [0.25, 0.3) is 0 Å². The summed E-state index contributed by atoms with van der Waals surface area (Å²) >= 11 is 0. The third-order valence-electron chi connectivity index (χ3n) is 13.8. The molecule has 0 aromatic carbocycles. The lowest BCUT2D eigenvalue weighted by Crippen LogP contribution is -2.30. The number of phosphoric ester groups is 1. The molecule has 0 aromatic heterocycles. The van der Waals surface area contributed by atoms with E-state index in [1.165, 1.54) is 109 Å². The van der Waals surface area contributed by atoms with Gasteiger partial charge in [0, 0.05) is 19.3 Å². The molecule has 0 aliphatic carbocycles. The number of unbranched alkanes of at least 4 members (excludes halogenated alkanes) is 29. The molecule has 462 valence electrons. The average molecular weight is 1140 g/mol. The number of phosphoric acid groups is 1. The Balaban J connectivity index is 4.72. The summed E-state index contributed by atoms with van der Waals surface area (Å²) in [5, 5.41) is 9.85. The SMILES string of the molecule is CC/C=C\C/C=C\C/C=C\C/C=C\CCCCCCC(=O)OC(CO)COP(=O)(O)OCC(COC(=O)CCCCCCCCC/C=C\C/C=C\C/C=C\CC)OC(=O)CCCCCCCCCCCCCCCCCCCCC. The Labute approximate surface area is 490 Å². The monoisotopic (exact) mass is 1140 g/mol. The van der Waals surface area contributed by atoms with Crippen molar-refractivity contribution in [1.29, 1.82) is 0 Å². The van der Waals surface area contributed by atoms with Crippen LogP contribution in [0.5, 0.6) is 0 Å². The first-order valence-corrected chi connectivity index (χ1v) is 34.0. The summed E-state index contributed by atoms with van der Waals surface area (Å²) in [6.45, 7) is 4.43. The van der Waals surface area contributed by atoms with Crippen LogP contribution in [0.1, 0.15) is 290 Å². The maximum Gasteiger partial charge on any atom is 0.472 e. The molecule has 0 aromatic rings. The molecule has 3 unspecified atom stereocenters. The summed E-state index contributed by atoms with van der Waals surface area (Å²) < 4.78 is 39.7. The minimum atomic E-state index is -4.76. The van der Waals surface area contributed by atoms with Gasteiger partial charge in [-0.25, -0.2) is 4.57 Å². The van der Waals surface area contributed by atoms with E-state index in [4.69, 9.17) is 23.3 Å². The van der Waals surface area contributed by atoms with Gasteiger partial charge in [0.2, 0.25) is 0 Å². The van der Waals surface area contributed by atoms with E-state index < -0.39 is 57.8 Å². The Hall–Kier alpha value is -3.34. The molecule has 0 saturated carbocycles. The molecule has 0 fully saturated rings. The van der Waals surface area contributed by atoms with Crippen molar-refractivity contribution in [3.05, 3.63) is 85.1 Å². The topological polar surface area (TPSA) is 155 Å². The lowest BCUT2D eigenvalue weighted by molar-refractivity contribution is -0.161. The van der Waals surface area contributed by atoms with E-state index >= 15 is 0 Å². The Morgan fingerprint density at radius 2 is 0.650 bits per heavy atom. The van der Waals surface area contributed by atoms with Crippen molar-refractivity contribution in [1.82, 2.24) is 0 Å².